The maximum Gasteiger partial charge on any atom is 0.220 e. The van der Waals surface area contributed by atoms with Crippen molar-refractivity contribution in [2.45, 2.75) is 64.0 Å². The Morgan fingerprint density at radius 3 is 2.44 bits per heavy atom. The van der Waals surface area contributed by atoms with Crippen molar-refractivity contribution in [2.75, 3.05) is 6.54 Å². The molecule has 0 saturated heterocycles. The minimum Gasteiger partial charge on any atom is -0.356 e. The molecule has 0 atom stereocenters. The molecule has 4 N–H and O–H groups in total. The second-order valence-electron chi connectivity index (χ2n) is 5.78. The predicted octanol–water partition coefficient (Wildman–Crippen LogP) is 0.679. The average Bonchev–Trinajstić information content (AvgIpc) is 3.04. The lowest BCUT2D eigenvalue weighted by molar-refractivity contribution is -0.123. The Morgan fingerprint density at radius 2 is 1.89 bits per heavy atom. The minimum atomic E-state index is -0.304. The summed E-state index contributed by atoms with van der Waals surface area (Å²) >= 11 is 0. The predicted molar refractivity (Wildman–Crippen MR) is 70.9 cm³/mol. The van der Waals surface area contributed by atoms with Crippen molar-refractivity contribution in [2.24, 2.45) is 5.73 Å². The first-order valence-corrected chi connectivity index (χ1v) is 6.72. The molecule has 0 aromatic carbocycles. The van der Waals surface area contributed by atoms with Crippen LogP contribution in [0.4, 0.5) is 0 Å². The molecule has 1 aliphatic rings. The highest BCUT2D eigenvalue weighted by molar-refractivity contribution is 5.77. The van der Waals surface area contributed by atoms with Crippen LogP contribution in [-0.2, 0) is 9.59 Å². The van der Waals surface area contributed by atoms with Crippen LogP contribution >= 0.6 is 0 Å². The molecule has 1 rings (SSSR count). The van der Waals surface area contributed by atoms with Crippen molar-refractivity contribution in [3.63, 3.8) is 0 Å². The first-order chi connectivity index (χ1) is 8.37. The van der Waals surface area contributed by atoms with Gasteiger partial charge in [-0.3, -0.25) is 9.59 Å². The highest BCUT2D eigenvalue weighted by atomic mass is 16.2. The van der Waals surface area contributed by atoms with Gasteiger partial charge in [-0.2, -0.15) is 0 Å². The standard InChI is InChI=1S/C13H25N3O2/c1-13(2,14)8-7-11(17)15-9-3-4-12(18)16-10-5-6-10/h10H,3-9,14H2,1-2H3,(H,15,17)(H,16,18). The summed E-state index contributed by atoms with van der Waals surface area (Å²) in [5.74, 6) is 0.103. The second kappa shape index (κ2) is 6.73. The number of hydrogen-bond acceptors (Lipinski definition) is 3. The van der Waals surface area contributed by atoms with E-state index in [1.54, 1.807) is 0 Å². The molecule has 18 heavy (non-hydrogen) atoms. The summed E-state index contributed by atoms with van der Waals surface area (Å²) < 4.78 is 0. The maximum atomic E-state index is 11.5. The molecule has 0 radical (unpaired) electrons. The summed E-state index contributed by atoms with van der Waals surface area (Å²) in [6.07, 6.45) is 4.50. The molecule has 5 heteroatoms. The van der Waals surface area contributed by atoms with Gasteiger partial charge in [0.25, 0.3) is 0 Å². The topological polar surface area (TPSA) is 84.2 Å². The fourth-order valence-corrected chi connectivity index (χ4v) is 1.53. The van der Waals surface area contributed by atoms with E-state index in [2.05, 4.69) is 10.6 Å². The Bertz CT molecular complexity index is 293. The molecule has 1 aliphatic carbocycles. The molecule has 1 fully saturated rings. The Labute approximate surface area is 109 Å². The van der Waals surface area contributed by atoms with Gasteiger partial charge in [0.15, 0.2) is 0 Å². The second-order valence-corrected chi connectivity index (χ2v) is 5.78. The number of amides is 2. The summed E-state index contributed by atoms with van der Waals surface area (Å²) in [7, 11) is 0. The Balaban J connectivity index is 1.96. The van der Waals surface area contributed by atoms with Crippen LogP contribution in [0.15, 0.2) is 0 Å². The van der Waals surface area contributed by atoms with Crippen molar-refractivity contribution in [3.05, 3.63) is 0 Å². The van der Waals surface area contributed by atoms with Gasteiger partial charge in [0.2, 0.25) is 11.8 Å². The van der Waals surface area contributed by atoms with Crippen LogP contribution < -0.4 is 16.4 Å². The highest BCUT2D eigenvalue weighted by Crippen LogP contribution is 2.18. The van der Waals surface area contributed by atoms with Crippen molar-refractivity contribution >= 4 is 11.8 Å². The van der Waals surface area contributed by atoms with Crippen LogP contribution in [0.5, 0.6) is 0 Å². The number of carbonyl (C=O) groups is 2. The third kappa shape index (κ3) is 8.06. The van der Waals surface area contributed by atoms with Crippen molar-refractivity contribution < 1.29 is 9.59 Å². The van der Waals surface area contributed by atoms with Crippen LogP contribution in [0.25, 0.3) is 0 Å². The van der Waals surface area contributed by atoms with Gasteiger partial charge in [0.05, 0.1) is 0 Å². The summed E-state index contributed by atoms with van der Waals surface area (Å²) in [5.41, 5.74) is 5.49. The van der Waals surface area contributed by atoms with Gasteiger partial charge in [0.1, 0.15) is 0 Å². The molecule has 0 bridgehead atoms. The lowest BCUT2D eigenvalue weighted by atomic mass is 10.00. The van der Waals surface area contributed by atoms with Gasteiger partial charge < -0.3 is 16.4 Å². The van der Waals surface area contributed by atoms with Gasteiger partial charge in [-0.25, -0.2) is 0 Å². The lowest BCUT2D eigenvalue weighted by Crippen LogP contribution is -2.34. The van der Waals surface area contributed by atoms with Gasteiger partial charge in [0, 0.05) is 31.0 Å². The van der Waals surface area contributed by atoms with Gasteiger partial charge in [-0.05, 0) is 39.5 Å². The molecule has 2 amide bonds. The number of nitrogens with one attached hydrogen (secondary N) is 2. The van der Waals surface area contributed by atoms with E-state index in [1.165, 1.54) is 0 Å². The van der Waals surface area contributed by atoms with E-state index >= 15 is 0 Å². The fraction of sp³-hybridized carbons (Fsp3) is 0.846. The van der Waals surface area contributed by atoms with Crippen LogP contribution in [0.1, 0.15) is 52.4 Å². The molecule has 5 nitrogen and oxygen atoms in total. The summed E-state index contributed by atoms with van der Waals surface area (Å²) in [4.78, 5) is 22.8. The largest absolute Gasteiger partial charge is 0.356 e. The first kappa shape index (κ1) is 15.0. The highest BCUT2D eigenvalue weighted by Gasteiger charge is 2.22. The molecular formula is C13H25N3O2. The Kier molecular flexibility index (Phi) is 5.59. The molecular weight excluding hydrogens is 230 g/mol. The van der Waals surface area contributed by atoms with Crippen molar-refractivity contribution in [3.8, 4) is 0 Å². The van der Waals surface area contributed by atoms with Crippen LogP contribution in [0.3, 0.4) is 0 Å². The van der Waals surface area contributed by atoms with Gasteiger partial charge >= 0.3 is 0 Å². The smallest absolute Gasteiger partial charge is 0.220 e. The molecule has 0 aromatic rings. The van der Waals surface area contributed by atoms with Crippen LogP contribution in [0.2, 0.25) is 0 Å². The first-order valence-electron chi connectivity index (χ1n) is 6.72. The minimum absolute atomic E-state index is 0.0103. The number of nitrogens with two attached hydrogens (primary N) is 1. The molecule has 1 saturated carbocycles. The lowest BCUT2D eigenvalue weighted by Gasteiger charge is -2.17. The number of hydrogen-bond donors (Lipinski definition) is 3. The summed E-state index contributed by atoms with van der Waals surface area (Å²) in [6, 6.07) is 0.416. The normalized spacial score (nSPS) is 15.3. The molecule has 0 aromatic heterocycles. The SMILES string of the molecule is CC(C)(N)CCC(=O)NCCCC(=O)NC1CC1. The average molecular weight is 255 g/mol. The Morgan fingerprint density at radius 1 is 1.22 bits per heavy atom. The van der Waals surface area contributed by atoms with E-state index in [0.717, 1.165) is 12.8 Å². The molecule has 104 valence electrons. The van der Waals surface area contributed by atoms with Crippen LogP contribution in [-0.4, -0.2) is 29.9 Å². The molecule has 0 unspecified atom stereocenters. The van der Waals surface area contributed by atoms with Crippen molar-refractivity contribution in [1.82, 2.24) is 10.6 Å². The third-order valence-corrected chi connectivity index (χ3v) is 2.84. The van der Waals surface area contributed by atoms with E-state index in [4.69, 9.17) is 5.73 Å². The van der Waals surface area contributed by atoms with E-state index in [1.807, 2.05) is 13.8 Å². The van der Waals surface area contributed by atoms with E-state index < -0.39 is 0 Å². The van der Waals surface area contributed by atoms with E-state index in [9.17, 15) is 9.59 Å². The number of rotatable bonds is 8. The van der Waals surface area contributed by atoms with E-state index in [-0.39, 0.29) is 17.4 Å². The van der Waals surface area contributed by atoms with E-state index in [0.29, 0.717) is 38.3 Å². The molecule has 0 heterocycles. The Hall–Kier alpha value is -1.10. The quantitative estimate of drug-likeness (QED) is 0.558. The third-order valence-electron chi connectivity index (χ3n) is 2.84. The van der Waals surface area contributed by atoms with Crippen molar-refractivity contribution in [1.29, 1.82) is 0 Å². The van der Waals surface area contributed by atoms with Gasteiger partial charge in [-0.1, -0.05) is 0 Å². The zero-order chi connectivity index (χ0) is 13.6. The zero-order valence-electron chi connectivity index (χ0n) is 11.4. The maximum absolute atomic E-state index is 11.5. The molecule has 0 spiro atoms. The molecule has 0 aliphatic heterocycles. The number of carbonyl (C=O) groups excluding carboxylic acids is 2. The fourth-order valence-electron chi connectivity index (χ4n) is 1.53. The van der Waals surface area contributed by atoms with Crippen LogP contribution in [0, 0.1) is 0 Å². The summed E-state index contributed by atoms with van der Waals surface area (Å²) in [5, 5.41) is 5.72. The summed E-state index contributed by atoms with van der Waals surface area (Å²) in [6.45, 7) is 4.37. The van der Waals surface area contributed by atoms with Gasteiger partial charge in [-0.15, -0.1) is 0 Å². The monoisotopic (exact) mass is 255 g/mol. The zero-order valence-corrected chi connectivity index (χ0v) is 11.4.